The van der Waals surface area contributed by atoms with Gasteiger partial charge in [-0.1, -0.05) is 29.3 Å². The van der Waals surface area contributed by atoms with Gasteiger partial charge < -0.3 is 5.32 Å². The lowest BCUT2D eigenvalue weighted by Gasteiger charge is -2.23. The van der Waals surface area contributed by atoms with Crippen LogP contribution >= 0.6 is 23.2 Å². The zero-order valence-electron chi connectivity index (χ0n) is 9.62. The van der Waals surface area contributed by atoms with Gasteiger partial charge in [-0.15, -0.1) is 0 Å². The molecule has 0 saturated carbocycles. The van der Waals surface area contributed by atoms with Crippen LogP contribution < -0.4 is 10.0 Å². The molecule has 100 valence electrons. The van der Waals surface area contributed by atoms with Crippen LogP contribution in [0.5, 0.6) is 0 Å². The lowest BCUT2D eigenvalue weighted by molar-refractivity contribution is 0.427. The summed E-state index contributed by atoms with van der Waals surface area (Å²) in [5, 5.41) is 3.46. The van der Waals surface area contributed by atoms with Crippen LogP contribution in [0.25, 0.3) is 0 Å². The van der Waals surface area contributed by atoms with E-state index in [1.165, 1.54) is 12.1 Å². The lowest BCUT2D eigenvalue weighted by atomic mass is 10.1. The molecule has 1 aromatic carbocycles. The Labute approximate surface area is 117 Å². The van der Waals surface area contributed by atoms with E-state index in [-0.39, 0.29) is 21.0 Å². The zero-order chi connectivity index (χ0) is 13.2. The summed E-state index contributed by atoms with van der Waals surface area (Å²) in [6, 6.07) is 4.59. The summed E-state index contributed by atoms with van der Waals surface area (Å²) in [4.78, 5) is -0.0353. The molecule has 0 spiro atoms. The van der Waals surface area contributed by atoms with Crippen LogP contribution in [0.15, 0.2) is 23.1 Å². The molecule has 0 radical (unpaired) electrons. The molecule has 1 fully saturated rings. The molecule has 2 N–H and O–H groups in total. The van der Waals surface area contributed by atoms with Crippen LogP contribution in [0.2, 0.25) is 10.0 Å². The smallest absolute Gasteiger partial charge is 0.243 e. The molecular weight excluding hydrogens is 295 g/mol. The second-order valence-electron chi connectivity index (χ2n) is 4.20. The summed E-state index contributed by atoms with van der Waals surface area (Å²) < 4.78 is 27.1. The molecule has 1 saturated heterocycles. The van der Waals surface area contributed by atoms with Gasteiger partial charge in [-0.25, -0.2) is 13.1 Å². The van der Waals surface area contributed by atoms with Crippen molar-refractivity contribution in [1.29, 1.82) is 0 Å². The third kappa shape index (κ3) is 3.16. The second kappa shape index (κ2) is 5.75. The van der Waals surface area contributed by atoms with Crippen molar-refractivity contribution in [2.45, 2.75) is 23.8 Å². The van der Waals surface area contributed by atoms with Crippen molar-refractivity contribution in [2.24, 2.45) is 0 Å². The highest BCUT2D eigenvalue weighted by molar-refractivity contribution is 7.89. The van der Waals surface area contributed by atoms with Crippen LogP contribution in [0.3, 0.4) is 0 Å². The Balaban J connectivity index is 2.25. The second-order valence-corrected chi connectivity index (χ2v) is 6.66. The van der Waals surface area contributed by atoms with E-state index in [1.54, 1.807) is 6.07 Å². The highest BCUT2D eigenvalue weighted by Crippen LogP contribution is 2.29. The van der Waals surface area contributed by atoms with Gasteiger partial charge in [0.2, 0.25) is 10.0 Å². The molecule has 0 amide bonds. The normalized spacial score (nSPS) is 17.9. The van der Waals surface area contributed by atoms with Crippen molar-refractivity contribution in [3.8, 4) is 0 Å². The maximum absolute atomic E-state index is 12.2. The number of piperidine rings is 1. The Hall–Kier alpha value is -0.330. The van der Waals surface area contributed by atoms with Gasteiger partial charge in [0.15, 0.2) is 0 Å². The van der Waals surface area contributed by atoms with Gasteiger partial charge in [-0.2, -0.15) is 0 Å². The fraction of sp³-hybridized carbons (Fsp3) is 0.455. The highest BCUT2D eigenvalue weighted by atomic mass is 35.5. The minimum absolute atomic E-state index is 0.0353. The third-order valence-corrected chi connectivity index (χ3v) is 5.32. The molecule has 2 rings (SSSR count). The summed E-state index contributed by atoms with van der Waals surface area (Å²) in [5.74, 6) is 0. The summed E-state index contributed by atoms with van der Waals surface area (Å²) in [5.41, 5.74) is 0. The molecule has 7 heteroatoms. The fourth-order valence-corrected chi connectivity index (χ4v) is 4.41. The molecule has 4 nitrogen and oxygen atoms in total. The number of rotatable bonds is 3. The predicted octanol–water partition coefficient (Wildman–Crippen LogP) is 2.02. The SMILES string of the molecule is O=S(=O)(NC1CCNCC1)c1c(Cl)cccc1Cl. The average molecular weight is 309 g/mol. The molecule has 0 atom stereocenters. The number of sulfonamides is 1. The zero-order valence-corrected chi connectivity index (χ0v) is 11.9. The maximum atomic E-state index is 12.2. The van der Waals surface area contributed by atoms with Crippen molar-refractivity contribution in [3.63, 3.8) is 0 Å². The van der Waals surface area contributed by atoms with Gasteiger partial charge in [-0.3, -0.25) is 0 Å². The first-order valence-corrected chi connectivity index (χ1v) is 7.91. The average Bonchev–Trinajstić information content (AvgIpc) is 2.28. The van der Waals surface area contributed by atoms with Crippen LogP contribution in [0.4, 0.5) is 0 Å². The van der Waals surface area contributed by atoms with E-state index < -0.39 is 10.0 Å². The van der Waals surface area contributed by atoms with E-state index in [0.717, 1.165) is 25.9 Å². The van der Waals surface area contributed by atoms with Gasteiger partial charge in [0.25, 0.3) is 0 Å². The Morgan fingerprint density at radius 3 is 2.28 bits per heavy atom. The van der Waals surface area contributed by atoms with E-state index in [1.807, 2.05) is 0 Å². The molecule has 1 aliphatic heterocycles. The number of hydrogen-bond donors (Lipinski definition) is 2. The third-order valence-electron chi connectivity index (χ3n) is 2.85. The van der Waals surface area contributed by atoms with Gasteiger partial charge in [-0.05, 0) is 38.1 Å². The van der Waals surface area contributed by atoms with E-state index in [0.29, 0.717) is 0 Å². The molecule has 0 bridgehead atoms. The first-order chi connectivity index (χ1) is 8.50. The number of hydrogen-bond acceptors (Lipinski definition) is 3. The molecule has 18 heavy (non-hydrogen) atoms. The molecule has 1 aromatic rings. The number of nitrogens with one attached hydrogen (secondary N) is 2. The van der Waals surface area contributed by atoms with Crippen molar-refractivity contribution >= 4 is 33.2 Å². The van der Waals surface area contributed by atoms with Gasteiger partial charge in [0.05, 0.1) is 10.0 Å². The summed E-state index contributed by atoms with van der Waals surface area (Å²) in [6.07, 6.45) is 1.53. The van der Waals surface area contributed by atoms with Crippen LogP contribution in [0.1, 0.15) is 12.8 Å². The Bertz CT molecular complexity index is 508. The summed E-state index contributed by atoms with van der Waals surface area (Å²) >= 11 is 11.8. The molecule has 0 aromatic heterocycles. The standard InChI is InChI=1S/C11H14Cl2N2O2S/c12-9-2-1-3-10(13)11(9)18(16,17)15-8-4-6-14-7-5-8/h1-3,8,14-15H,4-7H2. The minimum atomic E-state index is -3.66. The van der Waals surface area contributed by atoms with Gasteiger partial charge >= 0.3 is 0 Å². The quantitative estimate of drug-likeness (QED) is 0.898. The molecule has 1 heterocycles. The predicted molar refractivity (Wildman–Crippen MR) is 72.7 cm³/mol. The van der Waals surface area contributed by atoms with Crippen molar-refractivity contribution in [1.82, 2.24) is 10.0 Å². The van der Waals surface area contributed by atoms with Gasteiger partial charge in [0, 0.05) is 6.04 Å². The largest absolute Gasteiger partial charge is 0.317 e. The number of halogens is 2. The molecule has 0 aliphatic carbocycles. The maximum Gasteiger partial charge on any atom is 0.243 e. The molecule has 0 unspecified atom stereocenters. The monoisotopic (exact) mass is 308 g/mol. The van der Waals surface area contributed by atoms with Crippen LogP contribution in [0, 0.1) is 0 Å². The lowest BCUT2D eigenvalue weighted by Crippen LogP contribution is -2.42. The fourth-order valence-electron chi connectivity index (χ4n) is 1.96. The molecule has 1 aliphatic rings. The highest BCUT2D eigenvalue weighted by Gasteiger charge is 2.25. The van der Waals surface area contributed by atoms with E-state index in [2.05, 4.69) is 10.0 Å². The Kier molecular flexibility index (Phi) is 4.50. The minimum Gasteiger partial charge on any atom is -0.317 e. The topological polar surface area (TPSA) is 58.2 Å². The summed E-state index contributed by atoms with van der Waals surface area (Å²) in [6.45, 7) is 1.62. The van der Waals surface area contributed by atoms with Gasteiger partial charge in [0.1, 0.15) is 4.90 Å². The van der Waals surface area contributed by atoms with Crippen molar-refractivity contribution in [3.05, 3.63) is 28.2 Å². The van der Waals surface area contributed by atoms with Crippen LogP contribution in [-0.2, 0) is 10.0 Å². The first-order valence-electron chi connectivity index (χ1n) is 5.68. The number of benzene rings is 1. The Morgan fingerprint density at radius 1 is 1.17 bits per heavy atom. The Morgan fingerprint density at radius 2 is 1.72 bits per heavy atom. The van der Waals surface area contributed by atoms with E-state index in [4.69, 9.17) is 23.2 Å². The van der Waals surface area contributed by atoms with Crippen LogP contribution in [-0.4, -0.2) is 27.5 Å². The first kappa shape index (κ1) is 14.1. The molecular formula is C11H14Cl2N2O2S. The van der Waals surface area contributed by atoms with E-state index >= 15 is 0 Å². The van der Waals surface area contributed by atoms with Crippen molar-refractivity contribution < 1.29 is 8.42 Å². The van der Waals surface area contributed by atoms with Crippen molar-refractivity contribution in [2.75, 3.05) is 13.1 Å². The summed E-state index contributed by atoms with van der Waals surface area (Å²) in [7, 11) is -3.66. The van der Waals surface area contributed by atoms with E-state index in [9.17, 15) is 8.42 Å².